The molecule has 8 heteroatoms. The Morgan fingerprint density at radius 3 is 2.90 bits per heavy atom. The number of methoxy groups -OCH3 is 1. The Morgan fingerprint density at radius 2 is 2.25 bits per heavy atom. The van der Waals surface area contributed by atoms with Crippen LogP contribution in [0, 0.1) is 0 Å². The Kier molecular flexibility index (Phi) is 6.90. The number of amides is 2. The molecule has 110 valence electrons. The van der Waals surface area contributed by atoms with Crippen LogP contribution in [-0.4, -0.2) is 55.6 Å². The number of nitrogens with zero attached hydrogens (tertiary/aromatic N) is 2. The summed E-state index contributed by atoms with van der Waals surface area (Å²) in [7, 11) is 3.07. The van der Waals surface area contributed by atoms with Gasteiger partial charge in [0.25, 0.3) is 5.91 Å². The third-order valence-corrected chi connectivity index (χ3v) is 3.13. The van der Waals surface area contributed by atoms with Crippen molar-refractivity contribution in [2.45, 2.75) is 0 Å². The van der Waals surface area contributed by atoms with Crippen molar-refractivity contribution in [1.82, 2.24) is 15.2 Å². The number of hydrogen-bond donors (Lipinski definition) is 1. The first kappa shape index (κ1) is 16.9. The monoisotopic (exact) mass is 363 g/mol. The lowest BCUT2D eigenvalue weighted by atomic mass is 10.2. The average Bonchev–Trinajstić information content (AvgIpc) is 2.41. The second kappa shape index (κ2) is 8.18. The zero-order valence-electron chi connectivity index (χ0n) is 11.2. The van der Waals surface area contributed by atoms with Crippen LogP contribution in [0.5, 0.6) is 0 Å². The van der Waals surface area contributed by atoms with Crippen LogP contribution in [0.2, 0.25) is 5.15 Å². The van der Waals surface area contributed by atoms with Crippen LogP contribution >= 0.6 is 27.5 Å². The van der Waals surface area contributed by atoms with E-state index in [1.54, 1.807) is 13.2 Å². The fourth-order valence-corrected chi connectivity index (χ4v) is 1.93. The Balaban J connectivity index is 2.62. The Labute approximate surface area is 130 Å². The van der Waals surface area contributed by atoms with E-state index >= 15 is 0 Å². The van der Waals surface area contributed by atoms with Crippen molar-refractivity contribution in [3.05, 3.63) is 27.5 Å². The standard InChI is InChI=1S/C12H15BrClN3O3/c1-17(7-10(18)15-3-4-20-2)12(19)9-5-8(13)6-16-11(9)14/h5-6H,3-4,7H2,1-2H3,(H,15,18). The lowest BCUT2D eigenvalue weighted by Crippen LogP contribution is -2.39. The number of carbonyl (C=O) groups is 2. The molecule has 2 amide bonds. The van der Waals surface area contributed by atoms with Gasteiger partial charge >= 0.3 is 0 Å². The summed E-state index contributed by atoms with van der Waals surface area (Å²) in [6.07, 6.45) is 1.50. The van der Waals surface area contributed by atoms with Crippen LogP contribution in [0.1, 0.15) is 10.4 Å². The zero-order chi connectivity index (χ0) is 15.1. The highest BCUT2D eigenvalue weighted by Crippen LogP contribution is 2.19. The highest BCUT2D eigenvalue weighted by molar-refractivity contribution is 9.10. The molecule has 0 aromatic carbocycles. The molecule has 1 heterocycles. The molecular formula is C12H15BrClN3O3. The molecule has 0 atom stereocenters. The normalized spacial score (nSPS) is 10.2. The van der Waals surface area contributed by atoms with Gasteiger partial charge in [-0.2, -0.15) is 0 Å². The fraction of sp³-hybridized carbons (Fsp3) is 0.417. The van der Waals surface area contributed by atoms with Gasteiger partial charge in [-0.3, -0.25) is 9.59 Å². The molecule has 20 heavy (non-hydrogen) atoms. The van der Waals surface area contributed by atoms with Gasteiger partial charge in [0.05, 0.1) is 18.7 Å². The summed E-state index contributed by atoms with van der Waals surface area (Å²) in [5.41, 5.74) is 0.244. The van der Waals surface area contributed by atoms with Crippen LogP contribution in [-0.2, 0) is 9.53 Å². The van der Waals surface area contributed by atoms with Gasteiger partial charge < -0.3 is 15.0 Å². The largest absolute Gasteiger partial charge is 0.383 e. The predicted octanol–water partition coefficient (Wildman–Crippen LogP) is 1.33. The Morgan fingerprint density at radius 1 is 1.55 bits per heavy atom. The summed E-state index contributed by atoms with van der Waals surface area (Å²) in [5, 5.41) is 2.73. The van der Waals surface area contributed by atoms with Crippen LogP contribution in [0.3, 0.4) is 0 Å². The van der Waals surface area contributed by atoms with Gasteiger partial charge in [0, 0.05) is 31.4 Å². The first-order chi connectivity index (χ1) is 9.45. The van der Waals surface area contributed by atoms with Gasteiger partial charge in [-0.1, -0.05) is 11.6 Å². The summed E-state index contributed by atoms with van der Waals surface area (Å²) >= 11 is 9.10. The van der Waals surface area contributed by atoms with E-state index in [4.69, 9.17) is 16.3 Å². The maximum absolute atomic E-state index is 12.2. The van der Waals surface area contributed by atoms with Crippen LogP contribution in [0.4, 0.5) is 0 Å². The van der Waals surface area contributed by atoms with Gasteiger partial charge in [0.15, 0.2) is 0 Å². The first-order valence-corrected chi connectivity index (χ1v) is 6.95. The molecule has 1 N–H and O–H groups in total. The highest BCUT2D eigenvalue weighted by Gasteiger charge is 2.18. The SMILES string of the molecule is COCCNC(=O)CN(C)C(=O)c1cc(Br)cnc1Cl. The van der Waals surface area contributed by atoms with Crippen molar-refractivity contribution in [3.63, 3.8) is 0 Å². The average molecular weight is 365 g/mol. The summed E-state index contributed by atoms with van der Waals surface area (Å²) < 4.78 is 5.46. The van der Waals surface area contributed by atoms with Crippen LogP contribution in [0.15, 0.2) is 16.7 Å². The topological polar surface area (TPSA) is 71.5 Å². The van der Waals surface area contributed by atoms with Gasteiger partial charge in [-0.15, -0.1) is 0 Å². The van der Waals surface area contributed by atoms with E-state index in [1.165, 1.54) is 18.1 Å². The molecular weight excluding hydrogens is 350 g/mol. The van der Waals surface area contributed by atoms with Crippen molar-refractivity contribution in [1.29, 1.82) is 0 Å². The maximum atomic E-state index is 12.2. The van der Waals surface area contributed by atoms with E-state index in [0.717, 1.165) is 0 Å². The van der Waals surface area contributed by atoms with Gasteiger partial charge in [-0.25, -0.2) is 4.98 Å². The molecule has 0 fully saturated rings. The molecule has 0 unspecified atom stereocenters. The molecule has 0 aliphatic carbocycles. The third kappa shape index (κ3) is 5.07. The van der Waals surface area contributed by atoms with E-state index in [1.807, 2.05) is 0 Å². The first-order valence-electron chi connectivity index (χ1n) is 5.78. The molecule has 0 radical (unpaired) electrons. The predicted molar refractivity (Wildman–Crippen MR) is 78.8 cm³/mol. The molecule has 1 aromatic heterocycles. The van der Waals surface area contributed by atoms with Crippen molar-refractivity contribution in [2.24, 2.45) is 0 Å². The van der Waals surface area contributed by atoms with Gasteiger partial charge in [0.1, 0.15) is 5.15 Å². The second-order valence-corrected chi connectivity index (χ2v) is 5.27. The summed E-state index contributed by atoms with van der Waals surface area (Å²) in [4.78, 5) is 28.9. The minimum Gasteiger partial charge on any atom is -0.383 e. The second-order valence-electron chi connectivity index (χ2n) is 4.00. The molecule has 0 aliphatic rings. The van der Waals surface area contributed by atoms with Crippen LogP contribution < -0.4 is 5.32 Å². The molecule has 0 bridgehead atoms. The molecule has 0 aliphatic heterocycles. The number of carbonyl (C=O) groups excluding carboxylic acids is 2. The smallest absolute Gasteiger partial charge is 0.257 e. The summed E-state index contributed by atoms with van der Waals surface area (Å²) in [6, 6.07) is 1.57. The van der Waals surface area contributed by atoms with E-state index in [9.17, 15) is 9.59 Å². The molecule has 1 rings (SSSR count). The van der Waals surface area contributed by atoms with Crippen molar-refractivity contribution < 1.29 is 14.3 Å². The molecule has 0 saturated heterocycles. The minimum absolute atomic E-state index is 0.0641. The number of rotatable bonds is 6. The van der Waals surface area contributed by atoms with Gasteiger partial charge in [-0.05, 0) is 22.0 Å². The zero-order valence-corrected chi connectivity index (χ0v) is 13.5. The van der Waals surface area contributed by atoms with E-state index in [2.05, 4.69) is 26.2 Å². The Bertz CT molecular complexity index is 499. The Hall–Kier alpha value is -1.18. The number of halogens is 2. The quantitative estimate of drug-likeness (QED) is 0.611. The number of aromatic nitrogens is 1. The molecule has 6 nitrogen and oxygen atoms in total. The van der Waals surface area contributed by atoms with E-state index in [0.29, 0.717) is 17.6 Å². The molecule has 0 spiro atoms. The van der Waals surface area contributed by atoms with Gasteiger partial charge in [0.2, 0.25) is 5.91 Å². The molecule has 1 aromatic rings. The van der Waals surface area contributed by atoms with Crippen molar-refractivity contribution >= 4 is 39.3 Å². The number of ether oxygens (including phenoxy) is 1. The minimum atomic E-state index is -0.370. The fourth-order valence-electron chi connectivity index (χ4n) is 1.41. The third-order valence-electron chi connectivity index (χ3n) is 2.39. The highest BCUT2D eigenvalue weighted by atomic mass is 79.9. The van der Waals surface area contributed by atoms with Crippen LogP contribution in [0.25, 0.3) is 0 Å². The lowest BCUT2D eigenvalue weighted by Gasteiger charge is -2.17. The summed E-state index contributed by atoms with van der Waals surface area (Å²) in [5.74, 6) is -0.636. The number of pyridine rings is 1. The van der Waals surface area contributed by atoms with Crippen molar-refractivity contribution in [2.75, 3.05) is 33.9 Å². The van der Waals surface area contributed by atoms with E-state index in [-0.39, 0.29) is 29.1 Å². The van der Waals surface area contributed by atoms with Crippen molar-refractivity contribution in [3.8, 4) is 0 Å². The number of nitrogens with one attached hydrogen (secondary N) is 1. The number of hydrogen-bond acceptors (Lipinski definition) is 4. The maximum Gasteiger partial charge on any atom is 0.257 e. The lowest BCUT2D eigenvalue weighted by molar-refractivity contribution is -0.121. The summed E-state index contributed by atoms with van der Waals surface area (Å²) in [6.45, 7) is 0.757. The number of likely N-dealkylation sites (N-methyl/N-ethyl adjacent to an activating group) is 1. The van der Waals surface area contributed by atoms with E-state index < -0.39 is 0 Å². The molecule has 0 saturated carbocycles.